The number of allylic oxidation sites excluding steroid dienone is 1. The minimum absolute atomic E-state index is 0.0539. The third-order valence-corrected chi connectivity index (χ3v) is 5.52. The van der Waals surface area contributed by atoms with Gasteiger partial charge in [-0.2, -0.15) is 0 Å². The van der Waals surface area contributed by atoms with Crippen molar-refractivity contribution >= 4 is 35.2 Å². The Labute approximate surface area is 191 Å². The van der Waals surface area contributed by atoms with E-state index < -0.39 is 12.0 Å². The van der Waals surface area contributed by atoms with Gasteiger partial charge in [0, 0.05) is 5.70 Å². The van der Waals surface area contributed by atoms with Gasteiger partial charge in [0.25, 0.3) is 0 Å². The van der Waals surface area contributed by atoms with Crippen LogP contribution in [-0.2, 0) is 16.1 Å². The Morgan fingerprint density at radius 3 is 2.42 bits per heavy atom. The van der Waals surface area contributed by atoms with E-state index >= 15 is 0 Å². The number of carbonyl (C=O) groups excluding carboxylic acids is 2. The number of hydrogen-bond acceptors (Lipinski definition) is 4. The lowest BCUT2D eigenvalue weighted by atomic mass is 9.91. The minimum atomic E-state index is -0.616. The molecular formula is C23H24Cl2N2O4. The molecule has 0 bridgehead atoms. The number of ether oxygens (including phenoxy) is 2. The maximum absolute atomic E-state index is 12.7. The van der Waals surface area contributed by atoms with Crippen molar-refractivity contribution in [3.05, 3.63) is 74.9 Å². The molecule has 8 heteroatoms. The molecule has 2 aromatic carbocycles. The molecule has 1 unspecified atom stereocenters. The van der Waals surface area contributed by atoms with Crippen molar-refractivity contribution in [3.63, 3.8) is 0 Å². The third kappa shape index (κ3) is 5.51. The zero-order valence-electron chi connectivity index (χ0n) is 17.5. The third-order valence-electron chi connectivity index (χ3n) is 4.78. The Bertz CT molecular complexity index is 1000. The Kier molecular flexibility index (Phi) is 7.46. The van der Waals surface area contributed by atoms with Crippen LogP contribution >= 0.6 is 23.2 Å². The second-order valence-electron chi connectivity index (χ2n) is 7.34. The summed E-state index contributed by atoms with van der Waals surface area (Å²) in [5, 5.41) is 6.53. The number of amides is 2. The molecule has 6 nitrogen and oxygen atoms in total. The standard InChI is InChI=1S/C23H24Cl2N2O4/c1-4-30-22(28)19-20(13(2)3)26-23(29)27-21(19)15-6-8-16(9-7-15)31-12-14-5-10-17(24)18(25)11-14/h5-11,13,21H,4,12H2,1-3H3,(H2,26,27,29). The molecule has 0 saturated carbocycles. The van der Waals surface area contributed by atoms with E-state index in [1.165, 1.54) is 0 Å². The number of carbonyl (C=O) groups is 2. The number of benzene rings is 2. The summed E-state index contributed by atoms with van der Waals surface area (Å²) in [5.41, 5.74) is 2.60. The van der Waals surface area contributed by atoms with Gasteiger partial charge >= 0.3 is 12.0 Å². The lowest BCUT2D eigenvalue weighted by Crippen LogP contribution is -2.47. The molecule has 164 valence electrons. The number of halogens is 2. The molecular weight excluding hydrogens is 439 g/mol. The Hall–Kier alpha value is -2.70. The van der Waals surface area contributed by atoms with Crippen molar-refractivity contribution in [2.45, 2.75) is 33.4 Å². The zero-order chi connectivity index (χ0) is 22.5. The quantitative estimate of drug-likeness (QED) is 0.540. The Balaban J connectivity index is 1.81. The first-order valence-electron chi connectivity index (χ1n) is 9.95. The fraction of sp³-hybridized carbons (Fsp3) is 0.304. The van der Waals surface area contributed by atoms with Gasteiger partial charge in [-0.3, -0.25) is 0 Å². The highest BCUT2D eigenvalue weighted by Gasteiger charge is 2.34. The first-order chi connectivity index (χ1) is 14.8. The van der Waals surface area contributed by atoms with E-state index in [4.69, 9.17) is 32.7 Å². The molecule has 1 aliphatic heterocycles. The van der Waals surface area contributed by atoms with Crippen LogP contribution in [0.1, 0.15) is 37.9 Å². The van der Waals surface area contributed by atoms with Gasteiger partial charge in [0.15, 0.2) is 0 Å². The van der Waals surface area contributed by atoms with E-state index in [0.717, 1.165) is 11.1 Å². The fourth-order valence-electron chi connectivity index (χ4n) is 3.28. The van der Waals surface area contributed by atoms with Gasteiger partial charge in [-0.05, 0) is 48.2 Å². The number of rotatable bonds is 7. The molecule has 0 radical (unpaired) electrons. The van der Waals surface area contributed by atoms with Crippen LogP contribution in [0.3, 0.4) is 0 Å². The van der Waals surface area contributed by atoms with Gasteiger partial charge in [0.2, 0.25) is 0 Å². The molecule has 1 atom stereocenters. The van der Waals surface area contributed by atoms with Crippen LogP contribution in [0, 0.1) is 5.92 Å². The van der Waals surface area contributed by atoms with E-state index in [-0.39, 0.29) is 18.6 Å². The van der Waals surface area contributed by atoms with Gasteiger partial charge in [0.05, 0.1) is 28.3 Å². The average molecular weight is 463 g/mol. The second-order valence-corrected chi connectivity index (χ2v) is 8.15. The molecule has 2 aromatic rings. The summed E-state index contributed by atoms with van der Waals surface area (Å²) in [6.45, 7) is 6.15. The summed E-state index contributed by atoms with van der Waals surface area (Å²) in [5.74, 6) is 0.131. The summed E-state index contributed by atoms with van der Waals surface area (Å²) in [4.78, 5) is 24.9. The number of urea groups is 1. The monoisotopic (exact) mass is 462 g/mol. The summed E-state index contributed by atoms with van der Waals surface area (Å²) in [6.07, 6.45) is 0. The van der Waals surface area contributed by atoms with E-state index in [2.05, 4.69) is 10.6 Å². The maximum atomic E-state index is 12.7. The first kappa shape index (κ1) is 23.0. The van der Waals surface area contributed by atoms with E-state index in [1.807, 2.05) is 32.0 Å². The van der Waals surface area contributed by atoms with Crippen molar-refractivity contribution in [1.29, 1.82) is 0 Å². The molecule has 0 saturated heterocycles. The molecule has 2 N–H and O–H groups in total. The van der Waals surface area contributed by atoms with Crippen molar-refractivity contribution in [1.82, 2.24) is 10.6 Å². The normalized spacial score (nSPS) is 16.1. The molecule has 1 aliphatic rings. The molecule has 0 aromatic heterocycles. The highest BCUT2D eigenvalue weighted by molar-refractivity contribution is 6.42. The van der Waals surface area contributed by atoms with E-state index in [1.54, 1.807) is 31.2 Å². The van der Waals surface area contributed by atoms with Gasteiger partial charge in [0.1, 0.15) is 12.4 Å². The molecule has 31 heavy (non-hydrogen) atoms. The minimum Gasteiger partial charge on any atom is -0.489 e. The summed E-state index contributed by atoms with van der Waals surface area (Å²) < 4.78 is 11.1. The number of nitrogens with one attached hydrogen (secondary N) is 2. The SMILES string of the molecule is CCOC(=O)C1=C(C(C)C)NC(=O)NC1c1ccc(OCc2ccc(Cl)c(Cl)c2)cc1. The largest absolute Gasteiger partial charge is 0.489 e. The van der Waals surface area contributed by atoms with Gasteiger partial charge in [-0.15, -0.1) is 0 Å². The van der Waals surface area contributed by atoms with Crippen LogP contribution in [0.15, 0.2) is 53.7 Å². The predicted octanol–water partition coefficient (Wildman–Crippen LogP) is 5.40. The predicted molar refractivity (Wildman–Crippen MR) is 120 cm³/mol. The van der Waals surface area contributed by atoms with Crippen molar-refractivity contribution in [2.24, 2.45) is 5.92 Å². The molecule has 0 spiro atoms. The topological polar surface area (TPSA) is 76.7 Å². The van der Waals surface area contributed by atoms with Gasteiger partial charge < -0.3 is 20.1 Å². The van der Waals surface area contributed by atoms with Crippen LogP contribution in [0.25, 0.3) is 0 Å². The maximum Gasteiger partial charge on any atom is 0.338 e. The van der Waals surface area contributed by atoms with Gasteiger partial charge in [-0.25, -0.2) is 9.59 Å². The Morgan fingerprint density at radius 1 is 1.10 bits per heavy atom. The van der Waals surface area contributed by atoms with Crippen molar-refractivity contribution in [3.8, 4) is 5.75 Å². The lowest BCUT2D eigenvalue weighted by molar-refractivity contribution is -0.139. The first-order valence-corrected chi connectivity index (χ1v) is 10.7. The van der Waals surface area contributed by atoms with E-state index in [9.17, 15) is 9.59 Å². The lowest BCUT2D eigenvalue weighted by Gasteiger charge is -2.31. The zero-order valence-corrected chi connectivity index (χ0v) is 19.0. The highest BCUT2D eigenvalue weighted by atomic mass is 35.5. The smallest absolute Gasteiger partial charge is 0.338 e. The summed E-state index contributed by atoms with van der Waals surface area (Å²) >= 11 is 12.0. The number of hydrogen-bond donors (Lipinski definition) is 2. The van der Waals surface area contributed by atoms with Gasteiger partial charge in [-0.1, -0.05) is 55.2 Å². The Morgan fingerprint density at radius 2 is 1.81 bits per heavy atom. The summed E-state index contributed by atoms with van der Waals surface area (Å²) in [6, 6.07) is 11.6. The van der Waals surface area contributed by atoms with Crippen molar-refractivity contribution < 1.29 is 19.1 Å². The van der Waals surface area contributed by atoms with Crippen LogP contribution in [0.5, 0.6) is 5.75 Å². The second kappa shape index (κ2) is 10.1. The van der Waals surface area contributed by atoms with Crippen LogP contribution < -0.4 is 15.4 Å². The van der Waals surface area contributed by atoms with Crippen molar-refractivity contribution in [2.75, 3.05) is 6.61 Å². The molecule has 1 heterocycles. The van der Waals surface area contributed by atoms with E-state index in [0.29, 0.717) is 33.7 Å². The fourth-order valence-corrected chi connectivity index (χ4v) is 3.60. The number of esters is 1. The summed E-state index contributed by atoms with van der Waals surface area (Å²) in [7, 11) is 0. The molecule has 0 fully saturated rings. The molecule has 3 rings (SSSR count). The van der Waals surface area contributed by atoms with Crippen LogP contribution in [-0.4, -0.2) is 18.6 Å². The van der Waals surface area contributed by atoms with Crippen LogP contribution in [0.4, 0.5) is 4.79 Å². The molecule has 2 amide bonds. The van der Waals surface area contributed by atoms with Crippen LogP contribution in [0.2, 0.25) is 10.0 Å². The highest BCUT2D eigenvalue weighted by Crippen LogP contribution is 2.31. The average Bonchev–Trinajstić information content (AvgIpc) is 2.74. The molecule has 0 aliphatic carbocycles.